The van der Waals surface area contributed by atoms with Crippen molar-refractivity contribution < 1.29 is 14.1 Å². The lowest BCUT2D eigenvalue weighted by Gasteiger charge is -2.16. The summed E-state index contributed by atoms with van der Waals surface area (Å²) >= 11 is 1.37. The molecule has 2 aromatic heterocycles. The molecule has 0 bridgehead atoms. The van der Waals surface area contributed by atoms with Gasteiger partial charge in [-0.05, 0) is 13.8 Å². The van der Waals surface area contributed by atoms with Gasteiger partial charge in [-0.2, -0.15) is 0 Å². The standard InChI is InChI=1S/C13H18N4O3S/c1-8-11(9(2)20-16-8)5-17(3)13(18)15-12-14-10(6-19-4)7-21-12/h7H,5-6H2,1-4H3,(H,14,15,18). The minimum Gasteiger partial charge on any atom is -0.378 e. The van der Waals surface area contributed by atoms with E-state index in [9.17, 15) is 4.79 Å². The van der Waals surface area contributed by atoms with E-state index in [0.29, 0.717) is 18.3 Å². The van der Waals surface area contributed by atoms with Gasteiger partial charge in [-0.1, -0.05) is 5.16 Å². The van der Waals surface area contributed by atoms with Gasteiger partial charge in [0.1, 0.15) is 5.76 Å². The third-order valence-corrected chi connectivity index (χ3v) is 3.79. The van der Waals surface area contributed by atoms with Crippen LogP contribution >= 0.6 is 11.3 Å². The fourth-order valence-corrected chi connectivity index (χ4v) is 2.49. The summed E-state index contributed by atoms with van der Waals surface area (Å²) < 4.78 is 10.1. The fourth-order valence-electron chi connectivity index (χ4n) is 1.80. The van der Waals surface area contributed by atoms with Gasteiger partial charge in [0, 0.05) is 25.1 Å². The van der Waals surface area contributed by atoms with E-state index in [2.05, 4.69) is 15.5 Å². The molecule has 0 unspecified atom stereocenters. The molecule has 0 aliphatic carbocycles. The maximum atomic E-state index is 12.1. The van der Waals surface area contributed by atoms with Gasteiger partial charge in [0.25, 0.3) is 0 Å². The highest BCUT2D eigenvalue weighted by molar-refractivity contribution is 7.13. The van der Waals surface area contributed by atoms with Crippen molar-refractivity contribution in [3.63, 3.8) is 0 Å². The van der Waals surface area contributed by atoms with Crippen molar-refractivity contribution in [2.45, 2.75) is 27.0 Å². The van der Waals surface area contributed by atoms with Crippen molar-refractivity contribution in [2.24, 2.45) is 0 Å². The number of aromatic nitrogens is 2. The van der Waals surface area contributed by atoms with Crippen LogP contribution in [-0.2, 0) is 17.9 Å². The molecule has 0 aromatic carbocycles. The van der Waals surface area contributed by atoms with E-state index < -0.39 is 0 Å². The number of thiazole rings is 1. The minimum atomic E-state index is -0.228. The summed E-state index contributed by atoms with van der Waals surface area (Å²) in [5.41, 5.74) is 2.52. The lowest BCUT2D eigenvalue weighted by Crippen LogP contribution is -2.31. The highest BCUT2D eigenvalue weighted by atomic mass is 32.1. The number of hydrogen-bond acceptors (Lipinski definition) is 6. The average molecular weight is 310 g/mol. The molecule has 7 nitrogen and oxygen atoms in total. The van der Waals surface area contributed by atoms with E-state index in [4.69, 9.17) is 9.26 Å². The summed E-state index contributed by atoms with van der Waals surface area (Å²) in [6.07, 6.45) is 0. The van der Waals surface area contributed by atoms with Gasteiger partial charge in [0.2, 0.25) is 0 Å². The summed E-state index contributed by atoms with van der Waals surface area (Å²) in [6, 6.07) is -0.228. The van der Waals surface area contributed by atoms with E-state index in [1.54, 1.807) is 19.1 Å². The van der Waals surface area contributed by atoms with Crippen LogP contribution in [0.3, 0.4) is 0 Å². The van der Waals surface area contributed by atoms with Crippen LogP contribution in [0.1, 0.15) is 22.7 Å². The number of carbonyl (C=O) groups is 1. The average Bonchev–Trinajstić information content (AvgIpc) is 3.00. The number of aryl methyl sites for hydroxylation is 2. The van der Waals surface area contributed by atoms with Crippen LogP contribution in [0.4, 0.5) is 9.93 Å². The van der Waals surface area contributed by atoms with Crippen molar-refractivity contribution in [3.8, 4) is 0 Å². The third-order valence-electron chi connectivity index (χ3n) is 2.98. The van der Waals surface area contributed by atoms with E-state index in [0.717, 1.165) is 22.7 Å². The van der Waals surface area contributed by atoms with Crippen molar-refractivity contribution in [3.05, 3.63) is 28.1 Å². The van der Waals surface area contributed by atoms with Crippen LogP contribution < -0.4 is 5.32 Å². The summed E-state index contributed by atoms with van der Waals surface area (Å²) in [6.45, 7) is 4.55. The molecule has 2 heterocycles. The number of nitrogens with zero attached hydrogens (tertiary/aromatic N) is 3. The van der Waals surface area contributed by atoms with Gasteiger partial charge in [-0.3, -0.25) is 5.32 Å². The van der Waals surface area contributed by atoms with E-state index >= 15 is 0 Å². The smallest absolute Gasteiger partial charge is 0.323 e. The highest BCUT2D eigenvalue weighted by Gasteiger charge is 2.16. The molecule has 0 spiro atoms. The Kier molecular flexibility index (Phi) is 4.92. The molecule has 0 aliphatic rings. The zero-order valence-corrected chi connectivity index (χ0v) is 13.3. The summed E-state index contributed by atoms with van der Waals surface area (Å²) in [5, 5.41) is 9.05. The van der Waals surface area contributed by atoms with Crippen molar-refractivity contribution in [2.75, 3.05) is 19.5 Å². The molecule has 0 atom stereocenters. The number of anilines is 1. The maximum Gasteiger partial charge on any atom is 0.323 e. The first kappa shape index (κ1) is 15.5. The van der Waals surface area contributed by atoms with Crippen LogP contribution in [0.5, 0.6) is 0 Å². The van der Waals surface area contributed by atoms with Crippen molar-refractivity contribution >= 4 is 22.5 Å². The Balaban J connectivity index is 1.96. The number of ether oxygens (including phenoxy) is 1. The Morgan fingerprint density at radius 1 is 1.52 bits per heavy atom. The van der Waals surface area contributed by atoms with Gasteiger partial charge in [-0.25, -0.2) is 9.78 Å². The first-order chi connectivity index (χ1) is 10.0. The Labute approximate surface area is 126 Å². The number of amides is 2. The second-order valence-corrected chi connectivity index (χ2v) is 5.52. The Morgan fingerprint density at radius 2 is 2.29 bits per heavy atom. The van der Waals surface area contributed by atoms with Crippen LogP contribution in [0.15, 0.2) is 9.90 Å². The molecule has 0 aliphatic heterocycles. The number of rotatable bonds is 5. The Bertz CT molecular complexity index is 603. The number of nitrogens with one attached hydrogen (secondary N) is 1. The third kappa shape index (κ3) is 3.79. The van der Waals surface area contributed by atoms with Crippen LogP contribution in [-0.4, -0.2) is 35.2 Å². The molecule has 2 amide bonds. The quantitative estimate of drug-likeness (QED) is 0.918. The van der Waals surface area contributed by atoms with Crippen LogP contribution in [0, 0.1) is 13.8 Å². The number of urea groups is 1. The zero-order chi connectivity index (χ0) is 15.4. The first-order valence-electron chi connectivity index (χ1n) is 6.38. The van der Waals surface area contributed by atoms with E-state index in [1.165, 1.54) is 11.3 Å². The minimum absolute atomic E-state index is 0.228. The topological polar surface area (TPSA) is 80.5 Å². The zero-order valence-electron chi connectivity index (χ0n) is 12.5. The Morgan fingerprint density at radius 3 is 2.90 bits per heavy atom. The van der Waals surface area contributed by atoms with Gasteiger partial charge in [0.15, 0.2) is 5.13 Å². The molecule has 8 heteroatoms. The maximum absolute atomic E-state index is 12.1. The van der Waals surface area contributed by atoms with Crippen molar-refractivity contribution in [1.29, 1.82) is 0 Å². The molecule has 0 fully saturated rings. The molecule has 21 heavy (non-hydrogen) atoms. The highest BCUT2D eigenvalue weighted by Crippen LogP contribution is 2.18. The second-order valence-electron chi connectivity index (χ2n) is 4.67. The van der Waals surface area contributed by atoms with Gasteiger partial charge < -0.3 is 14.2 Å². The molecule has 2 rings (SSSR count). The molecular weight excluding hydrogens is 292 g/mol. The molecule has 1 N–H and O–H groups in total. The lowest BCUT2D eigenvalue weighted by atomic mass is 10.2. The molecule has 114 valence electrons. The van der Waals surface area contributed by atoms with Gasteiger partial charge >= 0.3 is 6.03 Å². The Hall–Kier alpha value is -1.93. The van der Waals surface area contributed by atoms with Gasteiger partial charge in [0.05, 0.1) is 24.5 Å². The largest absolute Gasteiger partial charge is 0.378 e. The molecule has 0 radical (unpaired) electrons. The van der Waals surface area contributed by atoms with Crippen LogP contribution in [0.2, 0.25) is 0 Å². The van der Waals surface area contributed by atoms with E-state index in [1.807, 2.05) is 19.2 Å². The molecule has 2 aromatic rings. The number of carbonyl (C=O) groups excluding carboxylic acids is 1. The van der Waals surface area contributed by atoms with Crippen LogP contribution in [0.25, 0.3) is 0 Å². The number of methoxy groups -OCH3 is 1. The summed E-state index contributed by atoms with van der Waals surface area (Å²) in [5.74, 6) is 0.726. The second kappa shape index (κ2) is 6.68. The molecule has 0 saturated carbocycles. The predicted octanol–water partition coefficient (Wildman–Crippen LogP) is 2.56. The number of hydrogen-bond donors (Lipinski definition) is 1. The monoisotopic (exact) mass is 310 g/mol. The molecular formula is C13H18N4O3S. The first-order valence-corrected chi connectivity index (χ1v) is 7.26. The SMILES string of the molecule is COCc1csc(NC(=O)N(C)Cc2c(C)noc2C)n1. The predicted molar refractivity (Wildman–Crippen MR) is 79.3 cm³/mol. The van der Waals surface area contributed by atoms with Crippen molar-refractivity contribution in [1.82, 2.24) is 15.0 Å². The van der Waals surface area contributed by atoms with E-state index in [-0.39, 0.29) is 6.03 Å². The lowest BCUT2D eigenvalue weighted by molar-refractivity contribution is 0.182. The normalized spacial score (nSPS) is 10.7. The summed E-state index contributed by atoms with van der Waals surface area (Å²) in [7, 11) is 3.32. The summed E-state index contributed by atoms with van der Waals surface area (Å²) in [4.78, 5) is 17.9. The molecule has 0 saturated heterocycles. The van der Waals surface area contributed by atoms with Gasteiger partial charge in [-0.15, -0.1) is 11.3 Å². The fraction of sp³-hybridized carbons (Fsp3) is 0.462.